The van der Waals surface area contributed by atoms with E-state index in [1.165, 1.54) is 66.9 Å². The third kappa shape index (κ3) is 4.71. The summed E-state index contributed by atoms with van der Waals surface area (Å²) in [5, 5.41) is 2.73. The Balaban J connectivity index is 1.52. The van der Waals surface area contributed by atoms with Crippen molar-refractivity contribution in [2.75, 3.05) is 13.7 Å². The number of nitrogens with zero attached hydrogens (tertiary/aromatic N) is 1. The van der Waals surface area contributed by atoms with E-state index in [2.05, 4.69) is 66.5 Å². The molecule has 156 valence electrons. The SMILES string of the molecule is COC(=O)CCCCCCCCC[N+]1=C(C)C(C)(C)c2c1ccc1ccccc21. The first-order valence-electron chi connectivity index (χ1n) is 11.2. The molecular formula is C26H36NO2+. The first-order valence-corrected chi connectivity index (χ1v) is 11.2. The zero-order valence-electron chi connectivity index (χ0n) is 18.6. The number of ether oxygens (including phenoxy) is 1. The highest BCUT2D eigenvalue weighted by Crippen LogP contribution is 2.43. The number of methoxy groups -OCH3 is 1. The van der Waals surface area contributed by atoms with Crippen LogP contribution >= 0.6 is 0 Å². The number of hydrogen-bond donors (Lipinski definition) is 0. The van der Waals surface area contributed by atoms with Crippen LogP contribution in [0.4, 0.5) is 5.69 Å². The second-order valence-corrected chi connectivity index (χ2v) is 8.84. The zero-order valence-corrected chi connectivity index (χ0v) is 18.6. The molecule has 0 amide bonds. The number of fused-ring (bicyclic) bond motifs is 3. The summed E-state index contributed by atoms with van der Waals surface area (Å²) in [4.78, 5) is 11.1. The lowest BCUT2D eigenvalue weighted by atomic mass is 9.80. The molecule has 3 nitrogen and oxygen atoms in total. The highest BCUT2D eigenvalue weighted by atomic mass is 16.5. The van der Waals surface area contributed by atoms with Crippen LogP contribution in [0.15, 0.2) is 36.4 Å². The summed E-state index contributed by atoms with van der Waals surface area (Å²) in [5.41, 5.74) is 4.43. The summed E-state index contributed by atoms with van der Waals surface area (Å²) in [6, 6.07) is 13.4. The molecule has 1 heterocycles. The molecule has 3 rings (SSSR count). The Morgan fingerprint density at radius 1 is 0.931 bits per heavy atom. The van der Waals surface area contributed by atoms with E-state index in [0.717, 1.165) is 19.4 Å². The van der Waals surface area contributed by atoms with Crippen molar-refractivity contribution in [2.24, 2.45) is 0 Å². The second kappa shape index (κ2) is 9.56. The van der Waals surface area contributed by atoms with Gasteiger partial charge in [-0.05, 0) is 43.5 Å². The smallest absolute Gasteiger partial charge is 0.305 e. The van der Waals surface area contributed by atoms with Gasteiger partial charge in [0.2, 0.25) is 5.69 Å². The van der Waals surface area contributed by atoms with Crippen LogP contribution in [0.1, 0.15) is 77.7 Å². The van der Waals surface area contributed by atoms with E-state index in [0.29, 0.717) is 6.42 Å². The Kier molecular flexibility index (Phi) is 7.10. The molecule has 29 heavy (non-hydrogen) atoms. The molecule has 1 aliphatic heterocycles. The minimum atomic E-state index is -0.0850. The maximum absolute atomic E-state index is 11.1. The summed E-state index contributed by atoms with van der Waals surface area (Å²) in [6.07, 6.45) is 8.89. The molecule has 0 bridgehead atoms. The topological polar surface area (TPSA) is 29.3 Å². The largest absolute Gasteiger partial charge is 0.469 e. The molecule has 0 aliphatic carbocycles. The van der Waals surface area contributed by atoms with E-state index in [1.54, 1.807) is 0 Å². The molecule has 2 aromatic carbocycles. The van der Waals surface area contributed by atoms with E-state index < -0.39 is 0 Å². The number of rotatable bonds is 10. The van der Waals surface area contributed by atoms with Gasteiger partial charge in [-0.15, -0.1) is 0 Å². The quantitative estimate of drug-likeness (QED) is 0.260. The maximum atomic E-state index is 11.1. The molecule has 0 saturated carbocycles. The third-order valence-corrected chi connectivity index (χ3v) is 6.62. The summed E-state index contributed by atoms with van der Waals surface area (Å²) >= 11 is 0. The Morgan fingerprint density at radius 2 is 1.59 bits per heavy atom. The lowest BCUT2D eigenvalue weighted by Gasteiger charge is -2.17. The number of unbranched alkanes of at least 4 members (excludes halogenated alkanes) is 6. The lowest BCUT2D eigenvalue weighted by molar-refractivity contribution is -0.439. The zero-order chi connectivity index (χ0) is 20.9. The van der Waals surface area contributed by atoms with E-state index in [9.17, 15) is 4.79 Å². The monoisotopic (exact) mass is 394 g/mol. The fourth-order valence-electron chi connectivity index (χ4n) is 4.65. The molecule has 3 heteroatoms. The third-order valence-electron chi connectivity index (χ3n) is 6.62. The molecule has 0 saturated heterocycles. The summed E-state index contributed by atoms with van der Waals surface area (Å²) < 4.78 is 7.24. The fraction of sp³-hybridized carbons (Fsp3) is 0.538. The van der Waals surface area contributed by atoms with Gasteiger partial charge in [-0.25, -0.2) is 0 Å². The molecule has 0 aromatic heterocycles. The van der Waals surface area contributed by atoms with Crippen molar-refractivity contribution in [1.82, 2.24) is 0 Å². The van der Waals surface area contributed by atoms with Crippen molar-refractivity contribution < 1.29 is 14.1 Å². The van der Waals surface area contributed by atoms with Crippen LogP contribution in [0.2, 0.25) is 0 Å². The highest BCUT2D eigenvalue weighted by Gasteiger charge is 2.43. The van der Waals surface area contributed by atoms with Crippen LogP contribution in [-0.4, -0.2) is 29.9 Å². The van der Waals surface area contributed by atoms with Gasteiger partial charge in [-0.3, -0.25) is 4.79 Å². The van der Waals surface area contributed by atoms with Gasteiger partial charge in [0.05, 0.1) is 12.5 Å². The lowest BCUT2D eigenvalue weighted by Crippen LogP contribution is -2.26. The number of carbonyl (C=O) groups excluding carboxylic acids is 1. The van der Waals surface area contributed by atoms with E-state index in [-0.39, 0.29) is 11.4 Å². The van der Waals surface area contributed by atoms with Crippen LogP contribution in [-0.2, 0) is 14.9 Å². The van der Waals surface area contributed by atoms with Gasteiger partial charge < -0.3 is 4.74 Å². The molecule has 2 aromatic rings. The minimum absolute atomic E-state index is 0.0792. The van der Waals surface area contributed by atoms with Crippen molar-refractivity contribution >= 4 is 28.1 Å². The Hall–Kier alpha value is -2.16. The van der Waals surface area contributed by atoms with Gasteiger partial charge in [-0.1, -0.05) is 49.9 Å². The van der Waals surface area contributed by atoms with Crippen molar-refractivity contribution in [2.45, 2.75) is 77.6 Å². The van der Waals surface area contributed by atoms with Gasteiger partial charge in [0.15, 0.2) is 5.71 Å². The molecule has 0 N–H and O–H groups in total. The second-order valence-electron chi connectivity index (χ2n) is 8.84. The van der Waals surface area contributed by atoms with E-state index in [1.807, 2.05) is 0 Å². The Morgan fingerprint density at radius 3 is 2.31 bits per heavy atom. The van der Waals surface area contributed by atoms with Crippen LogP contribution in [0.5, 0.6) is 0 Å². The highest BCUT2D eigenvalue weighted by molar-refractivity contribution is 6.01. The average molecular weight is 395 g/mol. The number of carbonyl (C=O) groups is 1. The van der Waals surface area contributed by atoms with Crippen LogP contribution < -0.4 is 0 Å². The Bertz CT molecular complexity index is 895. The molecule has 0 fully saturated rings. The first-order chi connectivity index (χ1) is 14.0. The van der Waals surface area contributed by atoms with Gasteiger partial charge >= 0.3 is 5.97 Å². The number of esters is 1. The standard InChI is InChI=1S/C26H36NO2/c1-20-26(2,3)25-22-15-12-11-14-21(22)17-18-23(25)27(20)19-13-9-7-5-6-8-10-16-24(28)29-4/h11-12,14-15,17-18H,5-10,13,16,19H2,1-4H3/q+1. The first kappa shape index (κ1) is 21.5. The van der Waals surface area contributed by atoms with Crippen LogP contribution in [0.3, 0.4) is 0 Å². The molecule has 0 radical (unpaired) electrons. The van der Waals surface area contributed by atoms with Gasteiger partial charge in [0.25, 0.3) is 0 Å². The van der Waals surface area contributed by atoms with Crippen molar-refractivity contribution in [3.8, 4) is 0 Å². The number of benzene rings is 2. The summed E-state index contributed by atoms with van der Waals surface area (Å²) in [7, 11) is 1.46. The minimum Gasteiger partial charge on any atom is -0.469 e. The van der Waals surface area contributed by atoms with Crippen LogP contribution in [0.25, 0.3) is 10.8 Å². The molecule has 0 unspecified atom stereocenters. The van der Waals surface area contributed by atoms with Gasteiger partial charge in [-0.2, -0.15) is 4.58 Å². The maximum Gasteiger partial charge on any atom is 0.305 e. The fourth-order valence-corrected chi connectivity index (χ4v) is 4.65. The van der Waals surface area contributed by atoms with Gasteiger partial charge in [0, 0.05) is 31.4 Å². The predicted molar refractivity (Wildman–Crippen MR) is 121 cm³/mol. The summed E-state index contributed by atoms with van der Waals surface area (Å²) in [6.45, 7) is 8.13. The van der Waals surface area contributed by atoms with Crippen LogP contribution in [0, 0.1) is 0 Å². The Labute approximate surface area is 175 Å². The molecule has 0 atom stereocenters. The van der Waals surface area contributed by atoms with Crippen molar-refractivity contribution in [3.05, 3.63) is 42.0 Å². The summed E-state index contributed by atoms with van der Waals surface area (Å²) in [5.74, 6) is -0.0850. The number of hydrogen-bond acceptors (Lipinski definition) is 2. The van der Waals surface area contributed by atoms with Crippen molar-refractivity contribution in [1.29, 1.82) is 0 Å². The normalized spacial score (nSPS) is 15.0. The predicted octanol–water partition coefficient (Wildman–Crippen LogP) is 6.53. The van der Waals surface area contributed by atoms with Crippen molar-refractivity contribution in [3.63, 3.8) is 0 Å². The molecule has 0 spiro atoms. The average Bonchev–Trinajstić information content (AvgIpc) is 2.92. The molecular weight excluding hydrogens is 358 g/mol. The van der Waals surface area contributed by atoms with E-state index in [4.69, 9.17) is 0 Å². The molecule has 1 aliphatic rings. The van der Waals surface area contributed by atoms with E-state index >= 15 is 0 Å². The van der Waals surface area contributed by atoms with Gasteiger partial charge in [0.1, 0.15) is 6.54 Å².